The molecule has 1 aliphatic heterocycles. The first-order valence-electron chi connectivity index (χ1n) is 7.84. The van der Waals surface area contributed by atoms with Crippen LogP contribution in [0.5, 0.6) is 5.75 Å². The normalized spacial score (nSPS) is 16.7. The van der Waals surface area contributed by atoms with Gasteiger partial charge < -0.3 is 19.8 Å². The second-order valence-corrected chi connectivity index (χ2v) is 7.08. The van der Waals surface area contributed by atoms with Gasteiger partial charge in [-0.2, -0.15) is 0 Å². The van der Waals surface area contributed by atoms with Gasteiger partial charge in [-0.25, -0.2) is 0 Å². The molecule has 0 radical (unpaired) electrons. The number of anilines is 1. The van der Waals surface area contributed by atoms with E-state index in [-0.39, 0.29) is 18.3 Å². The highest BCUT2D eigenvalue weighted by Crippen LogP contribution is 2.37. The minimum absolute atomic E-state index is 0.00769. The van der Waals surface area contributed by atoms with Gasteiger partial charge in [0.2, 0.25) is 5.75 Å². The van der Waals surface area contributed by atoms with Crippen molar-refractivity contribution in [2.24, 2.45) is 0 Å². The lowest BCUT2D eigenvalue weighted by atomic mass is 10.2. The van der Waals surface area contributed by atoms with Crippen LogP contribution < -0.4 is 9.64 Å². The van der Waals surface area contributed by atoms with Crippen LogP contribution in [0.15, 0.2) is 47.5 Å². The molecule has 0 saturated carbocycles. The average molecular weight is 359 g/mol. The first-order chi connectivity index (χ1) is 12.1. The predicted molar refractivity (Wildman–Crippen MR) is 95.1 cm³/mol. The highest BCUT2D eigenvalue weighted by Gasteiger charge is 2.25. The van der Waals surface area contributed by atoms with E-state index in [1.165, 1.54) is 18.3 Å². The number of pyridine rings is 1. The Morgan fingerprint density at radius 1 is 1.40 bits per heavy atom. The number of hydrogen-bond acceptors (Lipinski definition) is 6. The molecule has 25 heavy (non-hydrogen) atoms. The summed E-state index contributed by atoms with van der Waals surface area (Å²) in [7, 11) is 0. The van der Waals surface area contributed by atoms with Crippen molar-refractivity contribution in [3.63, 3.8) is 0 Å². The lowest BCUT2D eigenvalue weighted by molar-refractivity contribution is -0.390. The zero-order chi connectivity index (χ0) is 17.8. The standard InChI is InChI=1S/C17H17N3O4S/c1-12-8-10-19(13-5-2-3-7-15(13)25-12)16(21)11-24-14-6-4-9-18-17(14)20(22)23/h2-7,9,12H,8,10-11H2,1H3. The zero-order valence-corrected chi connectivity index (χ0v) is 14.4. The summed E-state index contributed by atoms with van der Waals surface area (Å²) in [6.45, 7) is 2.44. The van der Waals surface area contributed by atoms with E-state index in [1.54, 1.807) is 16.7 Å². The van der Waals surface area contributed by atoms with Crippen LogP contribution in [0, 0.1) is 10.1 Å². The van der Waals surface area contributed by atoms with Crippen molar-refractivity contribution in [3.05, 3.63) is 52.7 Å². The third kappa shape index (κ3) is 3.90. The molecule has 0 N–H and O–H groups in total. The van der Waals surface area contributed by atoms with Gasteiger partial charge in [-0.1, -0.05) is 19.1 Å². The third-order valence-corrected chi connectivity index (χ3v) is 5.06. The van der Waals surface area contributed by atoms with Crippen LogP contribution in [0.1, 0.15) is 13.3 Å². The van der Waals surface area contributed by atoms with Gasteiger partial charge in [0.15, 0.2) is 6.61 Å². The summed E-state index contributed by atoms with van der Waals surface area (Å²) in [4.78, 5) is 29.4. The number of hydrogen-bond donors (Lipinski definition) is 0. The second-order valence-electron chi connectivity index (χ2n) is 5.60. The number of carbonyl (C=O) groups is 1. The number of rotatable bonds is 4. The maximum absolute atomic E-state index is 12.7. The van der Waals surface area contributed by atoms with Gasteiger partial charge in [-0.3, -0.25) is 4.79 Å². The van der Waals surface area contributed by atoms with E-state index < -0.39 is 10.7 Å². The minimum atomic E-state index is -0.626. The van der Waals surface area contributed by atoms with Gasteiger partial charge in [0.25, 0.3) is 5.91 Å². The molecule has 0 saturated heterocycles. The van der Waals surface area contributed by atoms with Crippen molar-refractivity contribution in [3.8, 4) is 5.75 Å². The summed E-state index contributed by atoms with van der Waals surface area (Å²) in [5.74, 6) is -0.636. The van der Waals surface area contributed by atoms with Crippen LogP contribution >= 0.6 is 11.8 Å². The number of thioether (sulfide) groups is 1. The monoisotopic (exact) mass is 359 g/mol. The summed E-state index contributed by atoms with van der Waals surface area (Å²) < 4.78 is 5.39. The van der Waals surface area contributed by atoms with Crippen molar-refractivity contribution >= 4 is 29.2 Å². The summed E-state index contributed by atoms with van der Waals surface area (Å²) in [6, 6.07) is 10.7. The molecule has 0 spiro atoms. The fraction of sp³-hybridized carbons (Fsp3) is 0.294. The van der Waals surface area contributed by atoms with Gasteiger partial charge >= 0.3 is 5.82 Å². The first kappa shape index (κ1) is 17.2. The summed E-state index contributed by atoms with van der Waals surface area (Å²) in [5, 5.41) is 11.4. The summed E-state index contributed by atoms with van der Waals surface area (Å²) in [5.41, 5.74) is 0.853. The Bertz CT molecular complexity index is 799. The number of aromatic nitrogens is 1. The fourth-order valence-electron chi connectivity index (χ4n) is 2.60. The van der Waals surface area contributed by atoms with Crippen LogP contribution in [-0.2, 0) is 4.79 Å². The van der Waals surface area contributed by atoms with Crippen LogP contribution in [0.4, 0.5) is 11.5 Å². The van der Waals surface area contributed by atoms with Crippen molar-refractivity contribution < 1.29 is 14.5 Å². The molecule has 0 bridgehead atoms. The van der Waals surface area contributed by atoms with Crippen molar-refractivity contribution in [2.75, 3.05) is 18.1 Å². The van der Waals surface area contributed by atoms with E-state index in [9.17, 15) is 14.9 Å². The van der Waals surface area contributed by atoms with Crippen molar-refractivity contribution in [2.45, 2.75) is 23.5 Å². The quantitative estimate of drug-likeness (QED) is 0.615. The molecule has 2 aromatic rings. The number of carbonyl (C=O) groups excluding carboxylic acids is 1. The Kier molecular flexibility index (Phi) is 5.18. The van der Waals surface area contributed by atoms with E-state index in [4.69, 9.17) is 4.74 Å². The van der Waals surface area contributed by atoms with E-state index in [0.29, 0.717) is 11.8 Å². The van der Waals surface area contributed by atoms with Gasteiger partial charge in [-0.05, 0) is 40.6 Å². The molecule has 1 atom stereocenters. The highest BCUT2D eigenvalue weighted by molar-refractivity contribution is 8.00. The van der Waals surface area contributed by atoms with E-state index in [0.717, 1.165) is 17.0 Å². The molecule has 0 aliphatic carbocycles. The van der Waals surface area contributed by atoms with Crippen LogP contribution in [0.25, 0.3) is 0 Å². The Morgan fingerprint density at radius 2 is 2.20 bits per heavy atom. The Hall–Kier alpha value is -2.61. The number of nitro groups is 1. The van der Waals surface area contributed by atoms with Gasteiger partial charge in [0, 0.05) is 16.7 Å². The zero-order valence-electron chi connectivity index (χ0n) is 13.6. The second kappa shape index (κ2) is 7.52. The highest BCUT2D eigenvalue weighted by atomic mass is 32.2. The molecule has 0 fully saturated rings. The Morgan fingerprint density at radius 3 is 3.00 bits per heavy atom. The first-order valence-corrected chi connectivity index (χ1v) is 8.72. The lowest BCUT2D eigenvalue weighted by Crippen LogP contribution is -2.36. The molecule has 130 valence electrons. The number of amides is 1. The molecule has 1 aliphatic rings. The average Bonchev–Trinajstić information content (AvgIpc) is 2.78. The van der Waals surface area contributed by atoms with E-state index in [1.807, 2.05) is 24.3 Å². The maximum atomic E-state index is 12.7. The van der Waals surface area contributed by atoms with Gasteiger partial charge in [0.05, 0.1) is 5.69 Å². The molecular weight excluding hydrogens is 342 g/mol. The van der Waals surface area contributed by atoms with Gasteiger partial charge in [-0.15, -0.1) is 11.8 Å². The minimum Gasteiger partial charge on any atom is -0.476 e. The molecule has 1 amide bonds. The maximum Gasteiger partial charge on any atom is 0.406 e. The van der Waals surface area contributed by atoms with Crippen molar-refractivity contribution in [1.29, 1.82) is 0 Å². The predicted octanol–water partition coefficient (Wildman–Crippen LogP) is 3.29. The molecule has 1 unspecified atom stereocenters. The third-order valence-electron chi connectivity index (χ3n) is 3.82. The molecule has 8 heteroatoms. The molecule has 7 nitrogen and oxygen atoms in total. The SMILES string of the molecule is CC1CCN(C(=O)COc2cccnc2[N+](=O)[O-])c2ccccc2S1. The largest absolute Gasteiger partial charge is 0.476 e. The fourth-order valence-corrected chi connectivity index (χ4v) is 3.71. The number of ether oxygens (including phenoxy) is 1. The number of para-hydroxylation sites is 1. The number of fused-ring (bicyclic) bond motifs is 1. The van der Waals surface area contributed by atoms with Gasteiger partial charge in [0.1, 0.15) is 6.20 Å². The molecule has 2 heterocycles. The Labute approximate surface area is 149 Å². The molecular formula is C17H17N3O4S. The topological polar surface area (TPSA) is 85.6 Å². The smallest absolute Gasteiger partial charge is 0.406 e. The van der Waals surface area contributed by atoms with E-state index >= 15 is 0 Å². The van der Waals surface area contributed by atoms with Crippen LogP contribution in [-0.4, -0.2) is 34.2 Å². The molecule has 3 rings (SSSR count). The summed E-state index contributed by atoms with van der Waals surface area (Å²) in [6.07, 6.45) is 2.18. The van der Waals surface area contributed by atoms with E-state index in [2.05, 4.69) is 11.9 Å². The van der Waals surface area contributed by atoms with Crippen molar-refractivity contribution in [1.82, 2.24) is 4.98 Å². The lowest BCUT2D eigenvalue weighted by Gasteiger charge is -2.22. The number of nitrogens with zero attached hydrogens (tertiary/aromatic N) is 3. The van der Waals surface area contributed by atoms with Crippen LogP contribution in [0.3, 0.4) is 0 Å². The van der Waals surface area contributed by atoms with Crippen LogP contribution in [0.2, 0.25) is 0 Å². The Balaban J connectivity index is 1.77. The molecule has 1 aromatic heterocycles. The molecule has 1 aromatic carbocycles. The number of benzene rings is 1. The summed E-state index contributed by atoms with van der Waals surface area (Å²) >= 11 is 1.74.